The third-order valence-electron chi connectivity index (χ3n) is 3.19. The number of anilines is 1. The number of hydrogen-bond acceptors (Lipinski definition) is 4. The zero-order valence-electron chi connectivity index (χ0n) is 12.0. The molecule has 0 amide bonds. The second-order valence-electron chi connectivity index (χ2n) is 4.81. The van der Waals surface area contributed by atoms with E-state index < -0.39 is 0 Å². The van der Waals surface area contributed by atoms with E-state index in [9.17, 15) is 0 Å². The van der Waals surface area contributed by atoms with Crippen molar-refractivity contribution in [2.45, 2.75) is 6.42 Å². The predicted molar refractivity (Wildman–Crippen MR) is 89.6 cm³/mol. The summed E-state index contributed by atoms with van der Waals surface area (Å²) in [6.07, 6.45) is 2.62. The smallest absolute Gasteiger partial charge is 0.170 e. The number of nitrogens with one attached hydrogen (secondary N) is 2. The van der Waals surface area contributed by atoms with Crippen molar-refractivity contribution in [3.05, 3.63) is 48.3 Å². The molecule has 0 atom stereocenters. The van der Waals surface area contributed by atoms with E-state index in [0.717, 1.165) is 35.8 Å². The zero-order valence-corrected chi connectivity index (χ0v) is 12.9. The highest BCUT2D eigenvalue weighted by molar-refractivity contribution is 7.80. The van der Waals surface area contributed by atoms with Crippen LogP contribution < -0.4 is 20.1 Å². The number of thiocarbonyl (C=S) groups is 1. The summed E-state index contributed by atoms with van der Waals surface area (Å²) in [7, 11) is 0. The summed E-state index contributed by atoms with van der Waals surface area (Å²) in [6, 6.07) is 11.6. The van der Waals surface area contributed by atoms with Gasteiger partial charge in [0, 0.05) is 36.6 Å². The fourth-order valence-corrected chi connectivity index (χ4v) is 2.37. The van der Waals surface area contributed by atoms with Gasteiger partial charge in [-0.05, 0) is 36.5 Å². The van der Waals surface area contributed by atoms with Crippen molar-refractivity contribution < 1.29 is 9.47 Å². The summed E-state index contributed by atoms with van der Waals surface area (Å²) in [4.78, 5) is 4.27. The molecule has 1 aliphatic heterocycles. The third-order valence-corrected chi connectivity index (χ3v) is 3.44. The lowest BCUT2D eigenvalue weighted by Gasteiger charge is -2.19. The Morgan fingerprint density at radius 3 is 2.82 bits per heavy atom. The number of hydrogen-bond donors (Lipinski definition) is 2. The van der Waals surface area contributed by atoms with Crippen molar-refractivity contribution in [2.75, 3.05) is 25.1 Å². The average molecular weight is 315 g/mol. The number of benzene rings is 1. The molecule has 2 N–H and O–H groups in total. The molecule has 2 heterocycles. The number of pyridine rings is 1. The van der Waals surface area contributed by atoms with Crippen molar-refractivity contribution in [1.29, 1.82) is 0 Å². The van der Waals surface area contributed by atoms with Gasteiger partial charge in [0.25, 0.3) is 0 Å². The van der Waals surface area contributed by atoms with Crippen LogP contribution in [0.3, 0.4) is 0 Å². The topological polar surface area (TPSA) is 55.4 Å². The molecule has 2 aromatic rings. The molecule has 1 aliphatic rings. The van der Waals surface area contributed by atoms with Gasteiger partial charge in [0.05, 0.1) is 0 Å². The van der Waals surface area contributed by atoms with E-state index >= 15 is 0 Å². The Morgan fingerprint density at radius 1 is 1.14 bits per heavy atom. The van der Waals surface area contributed by atoms with Crippen LogP contribution in [-0.2, 0) is 6.42 Å². The Morgan fingerprint density at radius 2 is 2.00 bits per heavy atom. The minimum Gasteiger partial charge on any atom is -0.486 e. The Bertz CT molecular complexity index is 649. The Kier molecular flexibility index (Phi) is 4.70. The van der Waals surface area contributed by atoms with Crippen LogP contribution in [0.25, 0.3) is 0 Å². The van der Waals surface area contributed by atoms with Crippen LogP contribution in [0, 0.1) is 0 Å². The van der Waals surface area contributed by atoms with Gasteiger partial charge in [0.2, 0.25) is 0 Å². The minimum absolute atomic E-state index is 0.573. The molecule has 0 radical (unpaired) electrons. The molecule has 0 fully saturated rings. The van der Waals surface area contributed by atoms with Gasteiger partial charge in [-0.15, -0.1) is 0 Å². The summed E-state index contributed by atoms with van der Waals surface area (Å²) < 4.78 is 11.0. The number of nitrogens with zero attached hydrogens (tertiary/aromatic N) is 1. The van der Waals surface area contributed by atoms with Gasteiger partial charge in [-0.2, -0.15) is 0 Å². The van der Waals surface area contributed by atoms with Gasteiger partial charge >= 0.3 is 0 Å². The third kappa shape index (κ3) is 3.85. The van der Waals surface area contributed by atoms with Crippen molar-refractivity contribution in [3.8, 4) is 11.5 Å². The summed E-state index contributed by atoms with van der Waals surface area (Å²) >= 11 is 5.29. The van der Waals surface area contributed by atoms with Crippen LogP contribution in [0.4, 0.5) is 5.69 Å². The highest BCUT2D eigenvalue weighted by Gasteiger charge is 2.11. The average Bonchev–Trinajstić information content (AvgIpc) is 2.56. The lowest BCUT2D eigenvalue weighted by atomic mass is 10.2. The second kappa shape index (κ2) is 7.09. The van der Waals surface area contributed by atoms with Crippen LogP contribution in [0.1, 0.15) is 5.69 Å². The van der Waals surface area contributed by atoms with Crippen LogP contribution in [0.15, 0.2) is 42.6 Å². The molecule has 0 unspecified atom stereocenters. The van der Waals surface area contributed by atoms with Crippen LogP contribution in [-0.4, -0.2) is 29.9 Å². The Labute approximate surface area is 134 Å². The maximum Gasteiger partial charge on any atom is 0.170 e. The number of rotatable bonds is 4. The molecular weight excluding hydrogens is 298 g/mol. The van der Waals surface area contributed by atoms with E-state index in [1.165, 1.54) is 0 Å². The van der Waals surface area contributed by atoms with Gasteiger partial charge in [-0.1, -0.05) is 6.07 Å². The maximum atomic E-state index is 5.55. The van der Waals surface area contributed by atoms with Gasteiger partial charge in [-0.3, -0.25) is 4.98 Å². The van der Waals surface area contributed by atoms with E-state index in [1.54, 1.807) is 6.20 Å². The largest absolute Gasteiger partial charge is 0.486 e. The van der Waals surface area contributed by atoms with E-state index in [4.69, 9.17) is 21.7 Å². The molecule has 6 heteroatoms. The lowest BCUT2D eigenvalue weighted by Crippen LogP contribution is -2.30. The summed E-state index contributed by atoms with van der Waals surface area (Å²) in [5.41, 5.74) is 1.91. The minimum atomic E-state index is 0.573. The van der Waals surface area contributed by atoms with Crippen molar-refractivity contribution in [1.82, 2.24) is 10.3 Å². The Balaban J connectivity index is 1.49. The van der Waals surface area contributed by atoms with Crippen LogP contribution in [0.5, 0.6) is 11.5 Å². The fourth-order valence-electron chi connectivity index (χ4n) is 2.15. The fraction of sp³-hybridized carbons (Fsp3) is 0.250. The molecule has 0 spiro atoms. The second-order valence-corrected chi connectivity index (χ2v) is 5.22. The molecule has 0 saturated carbocycles. The maximum absolute atomic E-state index is 5.55. The molecule has 1 aromatic carbocycles. The molecule has 1 aromatic heterocycles. The van der Waals surface area contributed by atoms with E-state index in [1.807, 2.05) is 36.4 Å². The van der Waals surface area contributed by atoms with Crippen molar-refractivity contribution in [2.24, 2.45) is 0 Å². The van der Waals surface area contributed by atoms with E-state index in [-0.39, 0.29) is 0 Å². The highest BCUT2D eigenvalue weighted by atomic mass is 32.1. The van der Waals surface area contributed by atoms with Gasteiger partial charge in [0.1, 0.15) is 13.2 Å². The summed E-state index contributed by atoms with van der Waals surface area (Å²) in [5.74, 6) is 1.51. The SMILES string of the molecule is S=C(NCCc1ccccn1)Nc1ccc2c(c1)OCCO2. The predicted octanol–water partition coefficient (Wildman–Crippen LogP) is 2.38. The van der Waals surface area contributed by atoms with Gasteiger partial charge in [0.15, 0.2) is 16.6 Å². The molecule has 3 rings (SSSR count). The van der Waals surface area contributed by atoms with Crippen LogP contribution >= 0.6 is 12.2 Å². The first-order valence-electron chi connectivity index (χ1n) is 7.16. The summed E-state index contributed by atoms with van der Waals surface area (Å²) in [5, 5.41) is 6.89. The number of aromatic nitrogens is 1. The van der Waals surface area contributed by atoms with Gasteiger partial charge < -0.3 is 20.1 Å². The zero-order chi connectivity index (χ0) is 15.2. The molecule has 114 valence electrons. The van der Waals surface area contributed by atoms with Gasteiger partial charge in [-0.25, -0.2) is 0 Å². The van der Waals surface area contributed by atoms with Crippen molar-refractivity contribution >= 4 is 23.0 Å². The first kappa shape index (κ1) is 14.6. The highest BCUT2D eigenvalue weighted by Crippen LogP contribution is 2.32. The summed E-state index contributed by atoms with van der Waals surface area (Å²) in [6.45, 7) is 1.89. The van der Waals surface area contributed by atoms with Crippen molar-refractivity contribution in [3.63, 3.8) is 0 Å². The number of ether oxygens (including phenoxy) is 2. The first-order chi connectivity index (χ1) is 10.8. The van der Waals surface area contributed by atoms with E-state index in [2.05, 4.69) is 15.6 Å². The molecule has 0 bridgehead atoms. The monoisotopic (exact) mass is 315 g/mol. The molecular formula is C16H17N3O2S. The normalized spacial score (nSPS) is 12.5. The molecule has 0 aliphatic carbocycles. The molecule has 0 saturated heterocycles. The first-order valence-corrected chi connectivity index (χ1v) is 7.56. The lowest BCUT2D eigenvalue weighted by molar-refractivity contribution is 0.171. The molecule has 22 heavy (non-hydrogen) atoms. The standard InChI is InChI=1S/C16H17N3O2S/c22-16(18-8-6-12-3-1-2-7-17-12)19-13-4-5-14-15(11-13)21-10-9-20-14/h1-5,7,11H,6,8-10H2,(H2,18,19,22). The molecule has 5 nitrogen and oxygen atoms in total. The van der Waals surface area contributed by atoms with E-state index in [0.29, 0.717) is 18.3 Å². The van der Waals surface area contributed by atoms with Crippen LogP contribution in [0.2, 0.25) is 0 Å². The Hall–Kier alpha value is -2.34. The quantitative estimate of drug-likeness (QED) is 0.845. The number of fused-ring (bicyclic) bond motifs is 1.